The molecule has 0 bridgehead atoms. The fraction of sp³-hybridized carbons (Fsp3) is 0.375. The SMILES string of the molecule is CNCC1CCCN1C(=O)c1cc(-c2ccccc2)no1. The first kappa shape index (κ1) is 13.8. The van der Waals surface area contributed by atoms with Gasteiger partial charge in [-0.25, -0.2) is 0 Å². The van der Waals surface area contributed by atoms with Gasteiger partial charge in [0.15, 0.2) is 0 Å². The summed E-state index contributed by atoms with van der Waals surface area (Å²) in [6, 6.07) is 11.7. The number of nitrogens with one attached hydrogen (secondary N) is 1. The van der Waals surface area contributed by atoms with Gasteiger partial charge in [-0.1, -0.05) is 35.5 Å². The third kappa shape index (κ3) is 2.83. The quantitative estimate of drug-likeness (QED) is 0.935. The predicted molar refractivity (Wildman–Crippen MR) is 79.9 cm³/mol. The number of hydrogen-bond acceptors (Lipinski definition) is 4. The van der Waals surface area contributed by atoms with Crippen molar-refractivity contribution in [1.29, 1.82) is 0 Å². The molecule has 2 heterocycles. The van der Waals surface area contributed by atoms with E-state index in [4.69, 9.17) is 4.52 Å². The van der Waals surface area contributed by atoms with Crippen molar-refractivity contribution in [2.45, 2.75) is 18.9 Å². The number of likely N-dealkylation sites (tertiary alicyclic amines) is 1. The first-order chi connectivity index (χ1) is 10.3. The third-order valence-electron chi connectivity index (χ3n) is 3.87. The summed E-state index contributed by atoms with van der Waals surface area (Å²) >= 11 is 0. The van der Waals surface area contributed by atoms with Crippen molar-refractivity contribution < 1.29 is 9.32 Å². The Balaban J connectivity index is 1.78. The van der Waals surface area contributed by atoms with Crippen molar-refractivity contribution in [1.82, 2.24) is 15.4 Å². The van der Waals surface area contributed by atoms with Gasteiger partial charge in [-0.2, -0.15) is 0 Å². The second kappa shape index (κ2) is 6.10. The standard InChI is InChI=1S/C16H19N3O2/c1-17-11-13-8-5-9-19(13)16(20)15-10-14(18-21-15)12-6-3-2-4-7-12/h2-4,6-7,10,13,17H,5,8-9,11H2,1H3. The number of hydrogen-bond donors (Lipinski definition) is 1. The summed E-state index contributed by atoms with van der Waals surface area (Å²) in [5, 5.41) is 7.15. The molecule has 1 amide bonds. The number of rotatable bonds is 4. The Morgan fingerprint density at radius 3 is 3.00 bits per heavy atom. The molecule has 1 N–H and O–H groups in total. The van der Waals surface area contributed by atoms with Crippen LogP contribution in [0.4, 0.5) is 0 Å². The molecule has 0 aliphatic carbocycles. The van der Waals surface area contributed by atoms with Crippen molar-refractivity contribution in [3.05, 3.63) is 42.2 Å². The van der Waals surface area contributed by atoms with Crippen LogP contribution in [0.3, 0.4) is 0 Å². The Kier molecular flexibility index (Phi) is 4.01. The smallest absolute Gasteiger partial charge is 0.292 e. The number of benzene rings is 1. The molecule has 5 nitrogen and oxygen atoms in total. The molecule has 1 fully saturated rings. The van der Waals surface area contributed by atoms with Crippen LogP contribution in [0.1, 0.15) is 23.4 Å². The van der Waals surface area contributed by atoms with Crippen LogP contribution in [0, 0.1) is 0 Å². The highest BCUT2D eigenvalue weighted by Crippen LogP contribution is 2.23. The number of nitrogens with zero attached hydrogens (tertiary/aromatic N) is 2. The lowest BCUT2D eigenvalue weighted by atomic mass is 10.1. The maximum Gasteiger partial charge on any atom is 0.292 e. The third-order valence-corrected chi connectivity index (χ3v) is 3.87. The molecule has 0 radical (unpaired) electrons. The zero-order valence-electron chi connectivity index (χ0n) is 12.1. The lowest BCUT2D eigenvalue weighted by Crippen LogP contribution is -2.40. The van der Waals surface area contributed by atoms with Gasteiger partial charge in [-0.15, -0.1) is 0 Å². The van der Waals surface area contributed by atoms with E-state index in [2.05, 4.69) is 10.5 Å². The highest BCUT2D eigenvalue weighted by atomic mass is 16.5. The van der Waals surface area contributed by atoms with Gasteiger partial charge in [0, 0.05) is 30.8 Å². The van der Waals surface area contributed by atoms with Gasteiger partial charge in [-0.05, 0) is 19.9 Å². The van der Waals surface area contributed by atoms with Gasteiger partial charge in [-0.3, -0.25) is 4.79 Å². The van der Waals surface area contributed by atoms with Gasteiger partial charge in [0.1, 0.15) is 5.69 Å². The van der Waals surface area contributed by atoms with Gasteiger partial charge >= 0.3 is 0 Å². The molecule has 110 valence electrons. The first-order valence-electron chi connectivity index (χ1n) is 7.27. The summed E-state index contributed by atoms with van der Waals surface area (Å²) in [7, 11) is 1.91. The Bertz CT molecular complexity index is 609. The Morgan fingerprint density at radius 2 is 2.24 bits per heavy atom. The molecule has 0 spiro atoms. The zero-order chi connectivity index (χ0) is 14.7. The van der Waals surface area contributed by atoms with Crippen LogP contribution < -0.4 is 5.32 Å². The number of carbonyl (C=O) groups excluding carboxylic acids is 1. The number of amides is 1. The van der Waals surface area contributed by atoms with Crippen LogP contribution in [0.2, 0.25) is 0 Å². The number of carbonyl (C=O) groups is 1. The topological polar surface area (TPSA) is 58.4 Å². The minimum absolute atomic E-state index is 0.0672. The minimum atomic E-state index is -0.0672. The Hall–Kier alpha value is -2.14. The molecule has 3 rings (SSSR count). The molecule has 1 unspecified atom stereocenters. The summed E-state index contributed by atoms with van der Waals surface area (Å²) in [6.45, 7) is 1.60. The monoisotopic (exact) mass is 285 g/mol. The van der Waals surface area contributed by atoms with Crippen molar-refractivity contribution in [2.75, 3.05) is 20.1 Å². The molecular formula is C16H19N3O2. The van der Waals surface area contributed by atoms with Gasteiger partial charge < -0.3 is 14.7 Å². The highest BCUT2D eigenvalue weighted by molar-refractivity contribution is 5.92. The lowest BCUT2D eigenvalue weighted by molar-refractivity contribution is 0.0695. The normalized spacial score (nSPS) is 18.1. The van der Waals surface area contributed by atoms with E-state index in [0.717, 1.165) is 31.5 Å². The number of aromatic nitrogens is 1. The van der Waals surface area contributed by atoms with Crippen molar-refractivity contribution in [3.8, 4) is 11.3 Å². The molecule has 1 aliphatic heterocycles. The van der Waals surface area contributed by atoms with Crippen LogP contribution in [-0.4, -0.2) is 42.1 Å². The summed E-state index contributed by atoms with van der Waals surface area (Å²) in [4.78, 5) is 14.4. The summed E-state index contributed by atoms with van der Waals surface area (Å²) in [5.74, 6) is 0.249. The van der Waals surface area contributed by atoms with E-state index >= 15 is 0 Å². The molecule has 5 heteroatoms. The molecule has 1 aromatic heterocycles. The van der Waals surface area contributed by atoms with Crippen LogP contribution in [0.25, 0.3) is 11.3 Å². The second-order valence-corrected chi connectivity index (χ2v) is 5.29. The van der Waals surface area contributed by atoms with Crippen LogP contribution in [-0.2, 0) is 0 Å². The molecule has 1 aliphatic rings. The van der Waals surface area contributed by atoms with E-state index in [1.54, 1.807) is 6.07 Å². The van der Waals surface area contributed by atoms with E-state index in [0.29, 0.717) is 11.5 Å². The summed E-state index contributed by atoms with van der Waals surface area (Å²) in [5.41, 5.74) is 1.65. The first-order valence-corrected chi connectivity index (χ1v) is 7.27. The van der Waals surface area contributed by atoms with Crippen LogP contribution >= 0.6 is 0 Å². The van der Waals surface area contributed by atoms with Crippen molar-refractivity contribution in [3.63, 3.8) is 0 Å². The lowest BCUT2D eigenvalue weighted by Gasteiger charge is -2.23. The molecular weight excluding hydrogens is 266 g/mol. The average molecular weight is 285 g/mol. The zero-order valence-corrected chi connectivity index (χ0v) is 12.1. The Labute approximate surface area is 123 Å². The minimum Gasteiger partial charge on any atom is -0.350 e. The molecule has 0 saturated carbocycles. The maximum absolute atomic E-state index is 12.5. The van der Waals surface area contributed by atoms with E-state index in [1.165, 1.54) is 0 Å². The predicted octanol–water partition coefficient (Wildman–Crippen LogP) is 2.17. The molecule has 21 heavy (non-hydrogen) atoms. The fourth-order valence-electron chi connectivity index (χ4n) is 2.81. The number of likely N-dealkylation sites (N-methyl/N-ethyl adjacent to an activating group) is 1. The largest absolute Gasteiger partial charge is 0.350 e. The van der Waals surface area contributed by atoms with Gasteiger partial charge in [0.25, 0.3) is 5.91 Å². The van der Waals surface area contributed by atoms with Gasteiger partial charge in [0.2, 0.25) is 5.76 Å². The summed E-state index contributed by atoms with van der Waals surface area (Å²) < 4.78 is 5.26. The maximum atomic E-state index is 12.5. The Morgan fingerprint density at radius 1 is 1.43 bits per heavy atom. The van der Waals surface area contributed by atoms with Crippen LogP contribution in [0.15, 0.2) is 40.9 Å². The molecule has 1 saturated heterocycles. The van der Waals surface area contributed by atoms with Crippen LogP contribution in [0.5, 0.6) is 0 Å². The second-order valence-electron chi connectivity index (χ2n) is 5.29. The molecule has 2 aromatic rings. The fourth-order valence-corrected chi connectivity index (χ4v) is 2.81. The molecule has 1 atom stereocenters. The van der Waals surface area contributed by atoms with E-state index in [1.807, 2.05) is 42.3 Å². The van der Waals surface area contributed by atoms with Crippen molar-refractivity contribution >= 4 is 5.91 Å². The summed E-state index contributed by atoms with van der Waals surface area (Å²) in [6.07, 6.45) is 2.07. The van der Waals surface area contributed by atoms with E-state index < -0.39 is 0 Å². The van der Waals surface area contributed by atoms with Gasteiger partial charge in [0.05, 0.1) is 0 Å². The molecule has 1 aromatic carbocycles. The van der Waals surface area contributed by atoms with Crippen molar-refractivity contribution in [2.24, 2.45) is 0 Å². The average Bonchev–Trinajstić information content (AvgIpc) is 3.17. The van der Waals surface area contributed by atoms with E-state index in [-0.39, 0.29) is 11.9 Å². The van der Waals surface area contributed by atoms with E-state index in [9.17, 15) is 4.79 Å². The highest BCUT2D eigenvalue weighted by Gasteiger charge is 2.31.